The van der Waals surface area contributed by atoms with E-state index in [1.54, 1.807) is 0 Å². The molecule has 1 aromatic rings. The fourth-order valence-electron chi connectivity index (χ4n) is 3.23. The van der Waals surface area contributed by atoms with E-state index in [2.05, 4.69) is 21.2 Å². The lowest BCUT2D eigenvalue weighted by atomic mass is 10.2. The number of carbonyl (C=O) groups excluding carboxylic acids is 2. The molecule has 4 rings (SSSR count). The summed E-state index contributed by atoms with van der Waals surface area (Å²) in [5, 5.41) is 11.1. The summed E-state index contributed by atoms with van der Waals surface area (Å²) in [6.45, 7) is 0.748. The van der Waals surface area contributed by atoms with Gasteiger partial charge in [0, 0.05) is 22.9 Å². The summed E-state index contributed by atoms with van der Waals surface area (Å²) in [5.41, 5.74) is 1.06. The minimum atomic E-state index is -0.173. The van der Waals surface area contributed by atoms with Gasteiger partial charge in [-0.25, -0.2) is 0 Å². The Hall–Kier alpha value is -1.44. The molecule has 24 heavy (non-hydrogen) atoms. The van der Waals surface area contributed by atoms with Gasteiger partial charge in [-0.3, -0.25) is 9.59 Å². The molecule has 3 saturated heterocycles. The van der Waals surface area contributed by atoms with Crippen LogP contribution in [0.25, 0.3) is 0 Å². The van der Waals surface area contributed by atoms with Crippen LogP contribution in [0.2, 0.25) is 0 Å². The molecule has 3 aliphatic heterocycles. The second kappa shape index (κ2) is 7.63. The van der Waals surface area contributed by atoms with E-state index in [-0.39, 0.29) is 30.7 Å². The van der Waals surface area contributed by atoms with Gasteiger partial charge >= 0.3 is 0 Å². The molecule has 0 spiro atoms. The van der Waals surface area contributed by atoms with Crippen molar-refractivity contribution in [1.29, 1.82) is 0 Å². The number of nitrogens with one attached hydrogen (secondary N) is 1. The van der Waals surface area contributed by atoms with E-state index in [1.165, 1.54) is 0 Å². The van der Waals surface area contributed by atoms with Gasteiger partial charge < -0.3 is 20.1 Å². The van der Waals surface area contributed by atoms with Crippen LogP contribution in [0.5, 0.6) is 0 Å². The number of hydrogen-bond donors (Lipinski definition) is 2. The maximum Gasteiger partial charge on any atom is 0.225 e. The zero-order valence-electron chi connectivity index (χ0n) is 13.3. The van der Waals surface area contributed by atoms with E-state index in [9.17, 15) is 9.59 Å². The van der Waals surface area contributed by atoms with E-state index in [1.807, 2.05) is 29.2 Å². The molecule has 0 aliphatic carbocycles. The Bertz CT molecular complexity index is 607. The minimum absolute atomic E-state index is 0.0301. The van der Waals surface area contributed by atoms with Crippen LogP contribution in [0.1, 0.15) is 37.5 Å². The topological polar surface area (TPSA) is 78.9 Å². The van der Waals surface area contributed by atoms with Crippen molar-refractivity contribution in [2.45, 2.75) is 44.0 Å². The van der Waals surface area contributed by atoms with Crippen LogP contribution in [0.4, 0.5) is 0 Å². The average Bonchev–Trinajstić information content (AvgIpc) is 3.27. The number of fused-ring (bicyclic) bond motifs is 1. The summed E-state index contributed by atoms with van der Waals surface area (Å²) in [6, 6.07) is 8.29. The van der Waals surface area contributed by atoms with Gasteiger partial charge in [0.25, 0.3) is 0 Å². The third kappa shape index (κ3) is 3.79. The standard InChI is InChI=1S/C12H12BrNO2.C5H9NO2/c13-9-3-1-8(2-4-9)12-14-10(7-16-12)5-6-11(14)15;7-3-4-1-2-5(8)6-4/h1-4,10,12H,5-7H2;4,7H,1-3H2,(H,6,8)/t10?,12-;4-/m10/s1. The lowest BCUT2D eigenvalue weighted by Gasteiger charge is -2.22. The fourth-order valence-corrected chi connectivity index (χ4v) is 3.49. The van der Waals surface area contributed by atoms with Gasteiger partial charge in [0.15, 0.2) is 6.23 Å². The monoisotopic (exact) mass is 396 g/mol. The molecular formula is C17H21BrN2O4. The lowest BCUT2D eigenvalue weighted by Crippen LogP contribution is -2.30. The molecule has 0 bridgehead atoms. The van der Waals surface area contributed by atoms with E-state index in [0.717, 1.165) is 22.9 Å². The summed E-state index contributed by atoms with van der Waals surface area (Å²) < 4.78 is 6.75. The van der Waals surface area contributed by atoms with Crippen molar-refractivity contribution in [3.63, 3.8) is 0 Å². The van der Waals surface area contributed by atoms with Crippen LogP contribution in [0, 0.1) is 0 Å². The van der Waals surface area contributed by atoms with Crippen molar-refractivity contribution in [1.82, 2.24) is 10.2 Å². The summed E-state index contributed by atoms with van der Waals surface area (Å²) in [4.78, 5) is 24.0. The fraction of sp³-hybridized carbons (Fsp3) is 0.529. The predicted octanol–water partition coefficient (Wildman–Crippen LogP) is 1.73. The first-order valence-electron chi connectivity index (χ1n) is 8.17. The average molecular weight is 397 g/mol. The van der Waals surface area contributed by atoms with Gasteiger partial charge in [-0.05, 0) is 25.0 Å². The molecule has 3 atom stereocenters. The summed E-state index contributed by atoms with van der Waals surface area (Å²) in [5.74, 6) is 0.277. The Morgan fingerprint density at radius 2 is 1.96 bits per heavy atom. The van der Waals surface area contributed by atoms with Crippen molar-refractivity contribution < 1.29 is 19.4 Å². The molecule has 0 radical (unpaired) electrons. The smallest absolute Gasteiger partial charge is 0.225 e. The van der Waals surface area contributed by atoms with Crippen LogP contribution < -0.4 is 5.32 Å². The second-order valence-corrected chi connectivity index (χ2v) is 7.13. The number of carbonyl (C=O) groups is 2. The summed E-state index contributed by atoms with van der Waals surface area (Å²) >= 11 is 3.40. The SMILES string of the molecule is O=C1CCC2CO[C@H](c3ccc(Br)cc3)N12.O=C1CC[C@@H](CO)N1. The summed E-state index contributed by atoms with van der Waals surface area (Å²) in [6.07, 6.45) is 2.79. The zero-order valence-corrected chi connectivity index (χ0v) is 14.9. The quantitative estimate of drug-likeness (QED) is 0.797. The van der Waals surface area contributed by atoms with Crippen molar-refractivity contribution in [2.75, 3.05) is 13.2 Å². The lowest BCUT2D eigenvalue weighted by molar-refractivity contribution is -0.134. The molecule has 0 aromatic heterocycles. The summed E-state index contributed by atoms with van der Waals surface area (Å²) in [7, 11) is 0. The van der Waals surface area contributed by atoms with E-state index in [4.69, 9.17) is 9.84 Å². The van der Waals surface area contributed by atoms with Crippen LogP contribution in [-0.2, 0) is 14.3 Å². The van der Waals surface area contributed by atoms with Crippen molar-refractivity contribution in [3.05, 3.63) is 34.3 Å². The number of aliphatic hydroxyl groups excluding tert-OH is 1. The van der Waals surface area contributed by atoms with E-state index < -0.39 is 0 Å². The molecule has 2 N–H and O–H groups in total. The maximum atomic E-state index is 11.7. The number of nitrogens with zero attached hydrogens (tertiary/aromatic N) is 1. The van der Waals surface area contributed by atoms with Gasteiger partial charge in [-0.2, -0.15) is 0 Å². The highest BCUT2D eigenvalue weighted by molar-refractivity contribution is 9.10. The number of hydrogen-bond acceptors (Lipinski definition) is 4. The molecule has 2 amide bonds. The first kappa shape index (κ1) is 17.4. The number of benzene rings is 1. The first-order chi connectivity index (χ1) is 11.6. The molecule has 3 aliphatic rings. The van der Waals surface area contributed by atoms with Crippen LogP contribution >= 0.6 is 15.9 Å². The molecule has 130 valence electrons. The van der Waals surface area contributed by atoms with Crippen LogP contribution in [0.15, 0.2) is 28.7 Å². The molecule has 1 unspecified atom stereocenters. The number of aliphatic hydroxyl groups is 1. The van der Waals surface area contributed by atoms with Gasteiger partial charge in [-0.15, -0.1) is 0 Å². The number of halogens is 1. The number of amides is 2. The van der Waals surface area contributed by atoms with Crippen molar-refractivity contribution in [3.8, 4) is 0 Å². The highest BCUT2D eigenvalue weighted by Crippen LogP contribution is 2.37. The molecule has 1 aromatic carbocycles. The second-order valence-electron chi connectivity index (χ2n) is 6.22. The van der Waals surface area contributed by atoms with Gasteiger partial charge in [0.2, 0.25) is 11.8 Å². The number of rotatable bonds is 2. The third-order valence-electron chi connectivity index (χ3n) is 4.53. The minimum Gasteiger partial charge on any atom is -0.394 e. The van der Waals surface area contributed by atoms with Crippen molar-refractivity contribution in [2.24, 2.45) is 0 Å². The maximum absolute atomic E-state index is 11.7. The highest BCUT2D eigenvalue weighted by Gasteiger charge is 2.42. The Kier molecular flexibility index (Phi) is 5.53. The predicted molar refractivity (Wildman–Crippen MR) is 91.0 cm³/mol. The normalized spacial score (nSPS) is 28.4. The molecule has 3 heterocycles. The van der Waals surface area contributed by atoms with Gasteiger partial charge in [0.1, 0.15) is 0 Å². The molecule has 7 heteroatoms. The largest absolute Gasteiger partial charge is 0.394 e. The molecule has 0 saturated carbocycles. The zero-order chi connectivity index (χ0) is 17.1. The highest BCUT2D eigenvalue weighted by atomic mass is 79.9. The molecule has 3 fully saturated rings. The Labute approximate surface area is 149 Å². The molecule has 6 nitrogen and oxygen atoms in total. The van der Waals surface area contributed by atoms with Crippen LogP contribution in [0.3, 0.4) is 0 Å². The van der Waals surface area contributed by atoms with Crippen LogP contribution in [-0.4, -0.2) is 47.1 Å². The van der Waals surface area contributed by atoms with Crippen molar-refractivity contribution >= 4 is 27.7 Å². The molecular weight excluding hydrogens is 376 g/mol. The van der Waals surface area contributed by atoms with E-state index in [0.29, 0.717) is 25.5 Å². The third-order valence-corrected chi connectivity index (χ3v) is 5.06. The van der Waals surface area contributed by atoms with Gasteiger partial charge in [0.05, 0.1) is 25.3 Å². The Morgan fingerprint density at radius 1 is 1.21 bits per heavy atom. The number of ether oxygens (including phenoxy) is 1. The van der Waals surface area contributed by atoms with E-state index >= 15 is 0 Å². The first-order valence-corrected chi connectivity index (χ1v) is 8.96. The Balaban J connectivity index is 0.000000179. The van der Waals surface area contributed by atoms with Gasteiger partial charge in [-0.1, -0.05) is 28.1 Å². The Morgan fingerprint density at radius 3 is 2.54 bits per heavy atom.